The lowest BCUT2D eigenvalue weighted by Gasteiger charge is -2.08. The van der Waals surface area contributed by atoms with Gasteiger partial charge in [0.25, 0.3) is 11.6 Å². The summed E-state index contributed by atoms with van der Waals surface area (Å²) in [5, 5.41) is 7.61. The van der Waals surface area contributed by atoms with Crippen LogP contribution in [0.5, 0.6) is 0 Å². The second kappa shape index (κ2) is 5.74. The summed E-state index contributed by atoms with van der Waals surface area (Å²) < 4.78 is 5.19. The van der Waals surface area contributed by atoms with Gasteiger partial charge in [-0.15, -0.1) is 0 Å². The topological polar surface area (TPSA) is 68.0 Å². The van der Waals surface area contributed by atoms with Gasteiger partial charge in [-0.05, 0) is 55.9 Å². The van der Waals surface area contributed by atoms with Crippen molar-refractivity contribution in [3.05, 3.63) is 57.9 Å². The van der Waals surface area contributed by atoms with Crippen LogP contribution in [0.4, 0.5) is 0 Å². The number of aromatic nitrogens is 2. The molecule has 0 atom stereocenters. The van der Waals surface area contributed by atoms with Crippen molar-refractivity contribution in [3.8, 4) is 0 Å². The van der Waals surface area contributed by atoms with Crippen molar-refractivity contribution in [2.75, 3.05) is 0 Å². The Morgan fingerprint density at radius 1 is 1.21 bits per heavy atom. The Morgan fingerprint density at radius 3 is 2.92 bits per heavy atom. The molecule has 1 N–H and O–H groups in total. The van der Waals surface area contributed by atoms with E-state index in [0.29, 0.717) is 28.9 Å². The summed E-state index contributed by atoms with van der Waals surface area (Å²) >= 11 is 0. The average Bonchev–Trinajstić information content (AvgIpc) is 3.18. The van der Waals surface area contributed by atoms with E-state index in [9.17, 15) is 4.79 Å². The maximum Gasteiger partial charge on any atom is 0.258 e. The standard InChI is InChI=1S/C19H19N3O2/c1-11-8-16(17-12(2)22-24-19(17)21-11)18(23)20-10-13-6-7-14-4-3-5-15(14)9-13/h6-9H,3-5,10H2,1-2H3,(H,20,23). The van der Waals surface area contributed by atoms with Crippen LogP contribution in [0.3, 0.4) is 0 Å². The van der Waals surface area contributed by atoms with Crippen molar-refractivity contribution in [2.45, 2.75) is 39.7 Å². The van der Waals surface area contributed by atoms with Crippen LogP contribution in [0, 0.1) is 13.8 Å². The summed E-state index contributed by atoms with van der Waals surface area (Å²) in [4.78, 5) is 16.9. The number of carbonyl (C=O) groups excluding carboxylic acids is 1. The number of nitrogens with one attached hydrogen (secondary N) is 1. The molecule has 24 heavy (non-hydrogen) atoms. The Hall–Kier alpha value is -2.69. The number of fused-ring (bicyclic) bond motifs is 2. The van der Waals surface area contributed by atoms with E-state index in [4.69, 9.17) is 4.52 Å². The number of hydrogen-bond acceptors (Lipinski definition) is 4. The number of amides is 1. The largest absolute Gasteiger partial charge is 0.348 e. The van der Waals surface area contributed by atoms with Crippen molar-refractivity contribution < 1.29 is 9.32 Å². The van der Waals surface area contributed by atoms with Gasteiger partial charge in [0.05, 0.1) is 16.6 Å². The van der Waals surface area contributed by atoms with Crippen LogP contribution in [0.15, 0.2) is 28.8 Å². The first-order valence-corrected chi connectivity index (χ1v) is 8.24. The van der Waals surface area contributed by atoms with Crippen LogP contribution in [-0.2, 0) is 19.4 Å². The molecule has 1 amide bonds. The van der Waals surface area contributed by atoms with Crippen LogP contribution in [0.2, 0.25) is 0 Å². The highest BCUT2D eigenvalue weighted by atomic mass is 16.5. The average molecular weight is 321 g/mol. The highest BCUT2D eigenvalue weighted by Gasteiger charge is 2.18. The zero-order valence-corrected chi connectivity index (χ0v) is 13.8. The maximum atomic E-state index is 12.7. The lowest BCUT2D eigenvalue weighted by Crippen LogP contribution is -2.23. The molecule has 122 valence electrons. The molecule has 2 aromatic heterocycles. The molecule has 1 aliphatic carbocycles. The fourth-order valence-corrected chi connectivity index (χ4v) is 3.41. The van der Waals surface area contributed by atoms with E-state index < -0.39 is 0 Å². The monoisotopic (exact) mass is 321 g/mol. The molecular weight excluding hydrogens is 302 g/mol. The van der Waals surface area contributed by atoms with Gasteiger partial charge in [-0.25, -0.2) is 4.98 Å². The number of nitrogens with zero attached hydrogens (tertiary/aromatic N) is 2. The highest BCUT2D eigenvalue weighted by molar-refractivity contribution is 6.05. The van der Waals surface area contributed by atoms with Crippen molar-refractivity contribution in [1.82, 2.24) is 15.5 Å². The molecule has 5 nitrogen and oxygen atoms in total. The molecule has 1 aliphatic rings. The van der Waals surface area contributed by atoms with E-state index in [1.807, 2.05) is 13.8 Å². The van der Waals surface area contributed by atoms with Crippen molar-refractivity contribution in [2.24, 2.45) is 0 Å². The first-order chi connectivity index (χ1) is 11.6. The summed E-state index contributed by atoms with van der Waals surface area (Å²) in [5.74, 6) is -0.128. The van der Waals surface area contributed by atoms with Gasteiger partial charge in [0.2, 0.25) is 0 Å². The first kappa shape index (κ1) is 14.9. The zero-order valence-electron chi connectivity index (χ0n) is 13.8. The molecule has 5 heteroatoms. The fourth-order valence-electron chi connectivity index (χ4n) is 3.41. The minimum Gasteiger partial charge on any atom is -0.348 e. The Balaban J connectivity index is 1.57. The van der Waals surface area contributed by atoms with Gasteiger partial charge >= 0.3 is 0 Å². The summed E-state index contributed by atoms with van der Waals surface area (Å²) in [5.41, 5.74) is 6.39. The Morgan fingerprint density at radius 2 is 2.04 bits per heavy atom. The minimum atomic E-state index is -0.128. The fraction of sp³-hybridized carbons (Fsp3) is 0.316. The molecule has 0 unspecified atom stereocenters. The van der Waals surface area contributed by atoms with E-state index in [1.165, 1.54) is 24.0 Å². The van der Waals surface area contributed by atoms with Crippen LogP contribution < -0.4 is 5.32 Å². The normalized spacial score (nSPS) is 13.2. The van der Waals surface area contributed by atoms with Crippen LogP contribution in [0.25, 0.3) is 11.1 Å². The second-order valence-electron chi connectivity index (χ2n) is 6.40. The van der Waals surface area contributed by atoms with Gasteiger partial charge in [-0.2, -0.15) is 0 Å². The Kier molecular flexibility index (Phi) is 3.56. The predicted octanol–water partition coefficient (Wildman–Crippen LogP) is 3.26. The lowest BCUT2D eigenvalue weighted by atomic mass is 10.1. The van der Waals surface area contributed by atoms with E-state index >= 15 is 0 Å². The van der Waals surface area contributed by atoms with E-state index in [2.05, 4.69) is 33.7 Å². The summed E-state index contributed by atoms with van der Waals surface area (Å²) in [6.45, 7) is 4.17. The molecule has 3 aromatic rings. The number of rotatable bonds is 3. The summed E-state index contributed by atoms with van der Waals surface area (Å²) in [7, 11) is 0. The van der Waals surface area contributed by atoms with Crippen molar-refractivity contribution >= 4 is 17.0 Å². The Bertz CT molecular complexity index is 943. The minimum absolute atomic E-state index is 0.128. The number of benzene rings is 1. The second-order valence-corrected chi connectivity index (χ2v) is 6.40. The van der Waals surface area contributed by atoms with Gasteiger partial charge in [0, 0.05) is 12.2 Å². The molecule has 0 aliphatic heterocycles. The molecule has 1 aromatic carbocycles. The van der Waals surface area contributed by atoms with Crippen LogP contribution in [-0.4, -0.2) is 16.0 Å². The molecule has 0 bridgehead atoms. The zero-order chi connectivity index (χ0) is 16.7. The van der Waals surface area contributed by atoms with Gasteiger partial charge in [0.1, 0.15) is 0 Å². The molecule has 0 saturated heterocycles. The number of aryl methyl sites for hydroxylation is 4. The number of pyridine rings is 1. The van der Waals surface area contributed by atoms with Crippen LogP contribution >= 0.6 is 0 Å². The highest BCUT2D eigenvalue weighted by Crippen LogP contribution is 2.24. The Labute approximate surface area is 140 Å². The molecule has 0 spiro atoms. The number of carbonyl (C=O) groups is 1. The third-order valence-electron chi connectivity index (χ3n) is 4.61. The van der Waals surface area contributed by atoms with E-state index in [0.717, 1.165) is 17.7 Å². The lowest BCUT2D eigenvalue weighted by molar-refractivity contribution is 0.0952. The third kappa shape index (κ3) is 2.56. The first-order valence-electron chi connectivity index (χ1n) is 8.24. The molecule has 0 radical (unpaired) electrons. The number of hydrogen-bond donors (Lipinski definition) is 1. The van der Waals surface area contributed by atoms with E-state index in [1.54, 1.807) is 6.07 Å². The van der Waals surface area contributed by atoms with Crippen molar-refractivity contribution in [1.29, 1.82) is 0 Å². The summed E-state index contributed by atoms with van der Waals surface area (Å²) in [6.07, 6.45) is 3.54. The third-order valence-corrected chi connectivity index (χ3v) is 4.61. The van der Waals surface area contributed by atoms with E-state index in [-0.39, 0.29) is 5.91 Å². The van der Waals surface area contributed by atoms with Gasteiger partial charge in [-0.1, -0.05) is 23.4 Å². The molecule has 4 rings (SSSR count). The van der Waals surface area contributed by atoms with Crippen LogP contribution in [0.1, 0.15) is 44.9 Å². The SMILES string of the molecule is Cc1cc(C(=O)NCc2ccc3c(c2)CCC3)c2c(C)noc2n1. The van der Waals surface area contributed by atoms with Gasteiger partial charge in [-0.3, -0.25) is 4.79 Å². The smallest absolute Gasteiger partial charge is 0.258 e. The molecule has 2 heterocycles. The van der Waals surface area contributed by atoms with Crippen molar-refractivity contribution in [3.63, 3.8) is 0 Å². The molecular formula is C19H19N3O2. The van der Waals surface area contributed by atoms with Gasteiger partial charge < -0.3 is 9.84 Å². The quantitative estimate of drug-likeness (QED) is 0.804. The maximum absolute atomic E-state index is 12.7. The predicted molar refractivity (Wildman–Crippen MR) is 90.9 cm³/mol. The molecule has 0 saturated carbocycles. The molecule has 0 fully saturated rings. The van der Waals surface area contributed by atoms with Gasteiger partial charge in [0.15, 0.2) is 0 Å². The summed E-state index contributed by atoms with van der Waals surface area (Å²) in [6, 6.07) is 8.27.